The van der Waals surface area contributed by atoms with Crippen LogP contribution < -0.4 is 0 Å². The van der Waals surface area contributed by atoms with E-state index in [-0.39, 0.29) is 10.9 Å². The molecule has 1 nitrogen and oxygen atoms in total. The predicted octanol–water partition coefficient (Wildman–Crippen LogP) is 2.99. The van der Waals surface area contributed by atoms with E-state index < -0.39 is 0 Å². The molecule has 0 heterocycles. The molecule has 1 aliphatic rings. The lowest BCUT2D eigenvalue weighted by Gasteiger charge is -2.30. The number of fused-ring (bicyclic) bond motifs is 1. The molecule has 13 heavy (non-hydrogen) atoms. The molecular formula is C11H13BrO. The fourth-order valence-corrected chi connectivity index (χ4v) is 2.86. The molecule has 2 heteroatoms. The zero-order valence-corrected chi connectivity index (χ0v) is 9.16. The van der Waals surface area contributed by atoms with Gasteiger partial charge in [-0.2, -0.15) is 0 Å². The van der Waals surface area contributed by atoms with Gasteiger partial charge in [-0.05, 0) is 23.5 Å². The van der Waals surface area contributed by atoms with E-state index in [1.807, 2.05) is 18.2 Å². The molecule has 1 aromatic rings. The molecule has 0 bridgehead atoms. The fourth-order valence-electron chi connectivity index (χ4n) is 2.02. The van der Waals surface area contributed by atoms with Crippen LogP contribution >= 0.6 is 15.9 Å². The van der Waals surface area contributed by atoms with E-state index >= 15 is 0 Å². The van der Waals surface area contributed by atoms with Crippen molar-refractivity contribution in [3.05, 3.63) is 35.4 Å². The molecule has 2 rings (SSSR count). The van der Waals surface area contributed by atoms with Crippen molar-refractivity contribution >= 4 is 15.9 Å². The third-order valence-corrected chi connectivity index (χ3v) is 3.64. The molecule has 1 aromatic carbocycles. The van der Waals surface area contributed by atoms with Crippen molar-refractivity contribution in [1.29, 1.82) is 0 Å². The molecule has 1 N–H and O–H groups in total. The summed E-state index contributed by atoms with van der Waals surface area (Å²) in [6, 6.07) is 8.16. The van der Waals surface area contributed by atoms with Crippen molar-refractivity contribution in [2.75, 3.05) is 0 Å². The van der Waals surface area contributed by atoms with E-state index in [2.05, 4.69) is 28.9 Å². The zero-order chi connectivity index (χ0) is 9.42. The standard InChI is InChI=1S/C11H13BrO/c1-7-6-10(12)11(13)9-5-3-2-4-8(7)9/h2-5,7,10-11,13H,6H2,1H3/t7-,10-,11-/m0/s1. The highest BCUT2D eigenvalue weighted by Crippen LogP contribution is 2.40. The summed E-state index contributed by atoms with van der Waals surface area (Å²) >= 11 is 3.51. The van der Waals surface area contributed by atoms with Crippen molar-refractivity contribution in [2.45, 2.75) is 30.2 Å². The molecule has 0 spiro atoms. The lowest BCUT2D eigenvalue weighted by atomic mass is 9.82. The Morgan fingerprint density at radius 2 is 1.92 bits per heavy atom. The summed E-state index contributed by atoms with van der Waals surface area (Å²) < 4.78 is 0. The summed E-state index contributed by atoms with van der Waals surface area (Å²) in [5, 5.41) is 9.90. The normalized spacial score (nSPS) is 32.7. The van der Waals surface area contributed by atoms with Crippen LogP contribution in [0.15, 0.2) is 24.3 Å². The van der Waals surface area contributed by atoms with Gasteiger partial charge in [0.15, 0.2) is 0 Å². The maximum atomic E-state index is 9.90. The van der Waals surface area contributed by atoms with E-state index in [9.17, 15) is 5.11 Å². The van der Waals surface area contributed by atoms with E-state index in [1.54, 1.807) is 0 Å². The van der Waals surface area contributed by atoms with Crippen LogP contribution in [0, 0.1) is 0 Å². The van der Waals surface area contributed by atoms with Crippen LogP contribution in [0.25, 0.3) is 0 Å². The number of rotatable bonds is 0. The fraction of sp³-hybridized carbons (Fsp3) is 0.455. The number of alkyl halides is 1. The molecule has 0 unspecified atom stereocenters. The molecular weight excluding hydrogens is 228 g/mol. The predicted molar refractivity (Wildman–Crippen MR) is 57.1 cm³/mol. The first-order chi connectivity index (χ1) is 6.20. The maximum Gasteiger partial charge on any atom is 0.0917 e. The van der Waals surface area contributed by atoms with Crippen molar-refractivity contribution in [1.82, 2.24) is 0 Å². The first-order valence-corrected chi connectivity index (χ1v) is 5.52. The molecule has 0 saturated carbocycles. The Morgan fingerprint density at radius 1 is 1.31 bits per heavy atom. The average molecular weight is 241 g/mol. The summed E-state index contributed by atoms with van der Waals surface area (Å²) in [6.45, 7) is 2.21. The van der Waals surface area contributed by atoms with Crippen LogP contribution in [0.3, 0.4) is 0 Å². The molecule has 0 saturated heterocycles. The van der Waals surface area contributed by atoms with Crippen LogP contribution in [-0.4, -0.2) is 9.93 Å². The second-order valence-corrected chi connectivity index (χ2v) is 4.90. The van der Waals surface area contributed by atoms with Gasteiger partial charge < -0.3 is 5.11 Å². The van der Waals surface area contributed by atoms with E-state index in [4.69, 9.17) is 0 Å². The molecule has 0 aromatic heterocycles. The summed E-state index contributed by atoms with van der Waals surface area (Å²) in [5.74, 6) is 0.545. The number of aliphatic hydroxyl groups is 1. The lowest BCUT2D eigenvalue weighted by Crippen LogP contribution is -2.22. The number of aliphatic hydroxyl groups excluding tert-OH is 1. The maximum absolute atomic E-state index is 9.90. The SMILES string of the molecule is C[C@H]1C[C@H](Br)[C@@H](O)c2ccccc21. The Morgan fingerprint density at radius 3 is 2.62 bits per heavy atom. The second-order valence-electron chi connectivity index (χ2n) is 3.73. The first kappa shape index (κ1) is 9.22. The smallest absolute Gasteiger partial charge is 0.0917 e. The monoisotopic (exact) mass is 240 g/mol. The van der Waals surface area contributed by atoms with Gasteiger partial charge in [-0.25, -0.2) is 0 Å². The highest BCUT2D eigenvalue weighted by atomic mass is 79.9. The summed E-state index contributed by atoms with van der Waals surface area (Å²) in [4.78, 5) is 0.206. The van der Waals surface area contributed by atoms with Gasteiger partial charge in [-0.15, -0.1) is 0 Å². The number of hydrogen-bond donors (Lipinski definition) is 1. The Labute approximate surface area is 86.9 Å². The van der Waals surface area contributed by atoms with E-state index in [1.165, 1.54) is 5.56 Å². The lowest BCUT2D eigenvalue weighted by molar-refractivity contribution is 0.161. The van der Waals surface area contributed by atoms with Crippen molar-refractivity contribution in [3.63, 3.8) is 0 Å². The first-order valence-electron chi connectivity index (χ1n) is 4.61. The quantitative estimate of drug-likeness (QED) is 0.692. The molecule has 0 aliphatic heterocycles. The van der Waals surface area contributed by atoms with Gasteiger partial charge in [0.1, 0.15) is 0 Å². The van der Waals surface area contributed by atoms with Crippen LogP contribution in [0.4, 0.5) is 0 Å². The van der Waals surface area contributed by atoms with Crippen LogP contribution in [-0.2, 0) is 0 Å². The summed E-state index contributed by atoms with van der Waals surface area (Å²) in [5.41, 5.74) is 2.38. The third-order valence-electron chi connectivity index (χ3n) is 2.77. The van der Waals surface area contributed by atoms with E-state index in [0.29, 0.717) is 5.92 Å². The van der Waals surface area contributed by atoms with Gasteiger partial charge in [-0.3, -0.25) is 0 Å². The molecule has 3 atom stereocenters. The minimum Gasteiger partial charge on any atom is -0.387 e. The molecule has 1 aliphatic carbocycles. The van der Waals surface area contributed by atoms with E-state index in [0.717, 1.165) is 12.0 Å². The van der Waals surface area contributed by atoms with Crippen LogP contribution in [0.5, 0.6) is 0 Å². The van der Waals surface area contributed by atoms with Gasteiger partial charge in [0, 0.05) is 4.83 Å². The molecule has 0 amide bonds. The van der Waals surface area contributed by atoms with Crippen LogP contribution in [0.2, 0.25) is 0 Å². The van der Waals surface area contributed by atoms with Crippen molar-refractivity contribution < 1.29 is 5.11 Å². The van der Waals surface area contributed by atoms with Gasteiger partial charge in [0.05, 0.1) is 6.10 Å². The Bertz CT molecular complexity index is 311. The number of hydrogen-bond acceptors (Lipinski definition) is 1. The highest BCUT2D eigenvalue weighted by molar-refractivity contribution is 9.09. The molecule has 0 fully saturated rings. The average Bonchev–Trinajstić information content (AvgIpc) is 2.15. The highest BCUT2D eigenvalue weighted by Gasteiger charge is 2.29. The van der Waals surface area contributed by atoms with Crippen molar-refractivity contribution in [2.24, 2.45) is 0 Å². The second kappa shape index (κ2) is 3.43. The third kappa shape index (κ3) is 1.53. The summed E-state index contributed by atoms with van der Waals surface area (Å²) in [6.07, 6.45) is 0.672. The minimum absolute atomic E-state index is 0.206. The summed E-state index contributed by atoms with van der Waals surface area (Å²) in [7, 11) is 0. The van der Waals surface area contributed by atoms with Crippen LogP contribution in [0.1, 0.15) is 36.5 Å². The number of halogens is 1. The minimum atomic E-state index is -0.340. The van der Waals surface area contributed by atoms with Gasteiger partial charge >= 0.3 is 0 Å². The Kier molecular flexibility index (Phi) is 2.43. The largest absolute Gasteiger partial charge is 0.387 e. The Hall–Kier alpha value is -0.340. The Balaban J connectivity index is 2.47. The van der Waals surface area contributed by atoms with Crippen molar-refractivity contribution in [3.8, 4) is 0 Å². The topological polar surface area (TPSA) is 20.2 Å². The molecule has 0 radical (unpaired) electrons. The molecule has 70 valence electrons. The number of benzene rings is 1. The van der Waals surface area contributed by atoms with Gasteiger partial charge in [0.2, 0.25) is 0 Å². The van der Waals surface area contributed by atoms with Gasteiger partial charge in [-0.1, -0.05) is 47.1 Å². The van der Waals surface area contributed by atoms with Gasteiger partial charge in [0.25, 0.3) is 0 Å². The zero-order valence-electron chi connectivity index (χ0n) is 7.57.